The fourth-order valence-electron chi connectivity index (χ4n) is 3.35. The summed E-state index contributed by atoms with van der Waals surface area (Å²) >= 11 is 0. The zero-order valence-electron chi connectivity index (χ0n) is 19.8. The summed E-state index contributed by atoms with van der Waals surface area (Å²) in [5.74, 6) is -3.08. The predicted molar refractivity (Wildman–Crippen MR) is 124 cm³/mol. The zero-order chi connectivity index (χ0) is 27.3. The number of carbonyl (C=O) groups excluding carboxylic acids is 4. The highest BCUT2D eigenvalue weighted by Gasteiger charge is 2.34. The lowest BCUT2D eigenvalue weighted by Gasteiger charge is -2.24. The van der Waals surface area contributed by atoms with Gasteiger partial charge in [0.2, 0.25) is 11.8 Å². The Labute approximate surface area is 206 Å². The second-order valence-corrected chi connectivity index (χ2v) is 10.4. The molecule has 1 aliphatic heterocycles. The maximum atomic E-state index is 12.7. The highest BCUT2D eigenvalue weighted by atomic mass is 32.2. The maximum Gasteiger partial charge on any atom is 0.426 e. The van der Waals surface area contributed by atoms with E-state index >= 15 is 0 Å². The first kappa shape index (κ1) is 28.4. The average molecular weight is 530 g/mol. The summed E-state index contributed by atoms with van der Waals surface area (Å²) < 4.78 is 35.6. The van der Waals surface area contributed by atoms with Crippen molar-refractivity contribution in [2.75, 3.05) is 17.6 Å². The Morgan fingerprint density at radius 2 is 1.89 bits per heavy atom. The number of hydrazine groups is 1. The van der Waals surface area contributed by atoms with Crippen LogP contribution in [0.5, 0.6) is 0 Å². The Kier molecular flexibility index (Phi) is 8.93. The molecule has 4 amide bonds. The molecule has 0 saturated carbocycles. The summed E-state index contributed by atoms with van der Waals surface area (Å²) in [7, 11) is -4.35. The van der Waals surface area contributed by atoms with Gasteiger partial charge in [0.05, 0.1) is 10.7 Å². The number of nitro groups is 1. The molecular weight excluding hydrogens is 502 g/mol. The molecule has 4 N–H and O–H groups in total. The zero-order valence-corrected chi connectivity index (χ0v) is 20.6. The lowest BCUT2D eigenvalue weighted by molar-refractivity contribution is -0.385. The lowest BCUT2D eigenvalue weighted by Crippen LogP contribution is -2.44. The van der Waals surface area contributed by atoms with Gasteiger partial charge in [-0.1, -0.05) is 0 Å². The fraction of sp³-hybridized carbons (Fsp3) is 0.500. The predicted octanol–water partition coefficient (Wildman–Crippen LogP) is 0.972. The standard InChI is InChI=1S/C20H27N5O10S/c1-20(2,3)35-19(29)23-22-17(27)13-7-6-12(11-15(13)25(30)31)21-18(28)14-5-4-9-24(14)16(26)8-10-36(32,33)34/h6-7,11,14H,4-5,8-10H2,1-3H3,(H,21,28)(H,22,27)(H,23,29)(H,32,33,34)/t14-/m0/s1. The molecule has 0 bridgehead atoms. The summed E-state index contributed by atoms with van der Waals surface area (Å²) in [5, 5.41) is 14.0. The molecule has 16 heteroatoms. The molecule has 1 aliphatic rings. The summed E-state index contributed by atoms with van der Waals surface area (Å²) in [6, 6.07) is 2.30. The molecule has 1 aromatic carbocycles. The van der Waals surface area contributed by atoms with Crippen LogP contribution in [-0.4, -0.2) is 70.5 Å². The highest BCUT2D eigenvalue weighted by molar-refractivity contribution is 7.85. The van der Waals surface area contributed by atoms with Crippen molar-refractivity contribution in [3.63, 3.8) is 0 Å². The average Bonchev–Trinajstić information content (AvgIpc) is 3.24. The first-order chi connectivity index (χ1) is 16.6. The van der Waals surface area contributed by atoms with Crippen LogP contribution in [0.25, 0.3) is 0 Å². The van der Waals surface area contributed by atoms with Crippen molar-refractivity contribution in [2.24, 2.45) is 0 Å². The van der Waals surface area contributed by atoms with Crippen LogP contribution < -0.4 is 16.2 Å². The summed E-state index contributed by atoms with van der Waals surface area (Å²) in [6.45, 7) is 5.01. The molecule has 1 aromatic rings. The molecule has 0 aliphatic carbocycles. The van der Waals surface area contributed by atoms with E-state index in [1.165, 1.54) is 11.0 Å². The maximum absolute atomic E-state index is 12.7. The number of hydrogen-bond acceptors (Lipinski definition) is 9. The third-order valence-corrected chi connectivity index (χ3v) is 5.55. The molecule has 198 valence electrons. The number of benzene rings is 1. The summed E-state index contributed by atoms with van der Waals surface area (Å²) in [6.07, 6.45) is -0.730. The Morgan fingerprint density at radius 3 is 2.47 bits per heavy atom. The van der Waals surface area contributed by atoms with E-state index in [0.29, 0.717) is 6.42 Å². The second-order valence-electron chi connectivity index (χ2n) is 8.84. The normalized spacial score (nSPS) is 15.7. The Bertz CT molecular complexity index is 1160. The van der Waals surface area contributed by atoms with Gasteiger partial charge in [-0.25, -0.2) is 10.2 Å². The molecule has 15 nitrogen and oxygen atoms in total. The van der Waals surface area contributed by atoms with Gasteiger partial charge < -0.3 is 15.0 Å². The van der Waals surface area contributed by atoms with E-state index in [2.05, 4.69) is 5.32 Å². The van der Waals surface area contributed by atoms with Crippen LogP contribution in [-0.2, 0) is 24.4 Å². The minimum Gasteiger partial charge on any atom is -0.443 e. The topological polar surface area (TPSA) is 214 Å². The number of ether oxygens (including phenoxy) is 1. The largest absolute Gasteiger partial charge is 0.443 e. The first-order valence-corrected chi connectivity index (χ1v) is 12.3. The van der Waals surface area contributed by atoms with Crippen molar-refractivity contribution < 1.29 is 41.8 Å². The monoisotopic (exact) mass is 529 g/mol. The van der Waals surface area contributed by atoms with Gasteiger partial charge in [0, 0.05) is 24.7 Å². The molecule has 1 atom stereocenters. The number of nitro benzene ring substituents is 1. The van der Waals surface area contributed by atoms with Crippen LogP contribution in [0.15, 0.2) is 18.2 Å². The molecular formula is C20H27N5O10S. The molecule has 2 rings (SSSR count). The van der Waals surface area contributed by atoms with E-state index in [1.54, 1.807) is 20.8 Å². The van der Waals surface area contributed by atoms with Gasteiger partial charge in [-0.2, -0.15) is 8.42 Å². The summed E-state index contributed by atoms with van der Waals surface area (Å²) in [5.41, 5.74) is 2.05. The number of hydrogen-bond donors (Lipinski definition) is 4. The minimum atomic E-state index is -4.35. The Morgan fingerprint density at radius 1 is 1.22 bits per heavy atom. The number of amides is 4. The number of nitrogens with zero attached hydrogens (tertiary/aromatic N) is 2. The van der Waals surface area contributed by atoms with Gasteiger partial charge >= 0.3 is 6.09 Å². The molecule has 1 fully saturated rings. The van der Waals surface area contributed by atoms with Crippen molar-refractivity contribution in [1.29, 1.82) is 0 Å². The van der Waals surface area contributed by atoms with Crippen molar-refractivity contribution in [1.82, 2.24) is 15.8 Å². The number of anilines is 1. The molecule has 1 saturated heterocycles. The van der Waals surface area contributed by atoms with Crippen LogP contribution in [0, 0.1) is 10.1 Å². The quantitative estimate of drug-likeness (QED) is 0.223. The van der Waals surface area contributed by atoms with Crippen LogP contribution in [0.3, 0.4) is 0 Å². The number of nitrogens with one attached hydrogen (secondary N) is 3. The number of carbonyl (C=O) groups is 4. The van der Waals surface area contributed by atoms with Crippen molar-refractivity contribution in [2.45, 2.75) is 51.7 Å². The Balaban J connectivity index is 2.10. The van der Waals surface area contributed by atoms with Crippen LogP contribution in [0.4, 0.5) is 16.2 Å². The SMILES string of the molecule is CC(C)(C)OC(=O)NNC(=O)c1ccc(NC(=O)[C@@H]2CCCN2C(=O)CCS(=O)(=O)O)cc1[N+](=O)[O-]. The minimum absolute atomic E-state index is 0.0272. The molecule has 1 heterocycles. The van der Waals surface area contributed by atoms with Crippen molar-refractivity contribution in [3.8, 4) is 0 Å². The lowest BCUT2D eigenvalue weighted by atomic mass is 10.1. The van der Waals surface area contributed by atoms with E-state index in [0.717, 1.165) is 12.1 Å². The van der Waals surface area contributed by atoms with Crippen LogP contribution >= 0.6 is 0 Å². The van der Waals surface area contributed by atoms with E-state index in [9.17, 15) is 37.7 Å². The van der Waals surface area contributed by atoms with Gasteiger partial charge in [0.1, 0.15) is 17.2 Å². The smallest absolute Gasteiger partial charge is 0.426 e. The van der Waals surface area contributed by atoms with Gasteiger partial charge in [0.25, 0.3) is 21.7 Å². The van der Waals surface area contributed by atoms with Crippen LogP contribution in [0.1, 0.15) is 50.4 Å². The Hall–Kier alpha value is -3.79. The van der Waals surface area contributed by atoms with Crippen molar-refractivity contribution >= 4 is 45.3 Å². The van der Waals surface area contributed by atoms with Gasteiger partial charge in [-0.05, 0) is 45.7 Å². The molecule has 0 spiro atoms. The first-order valence-electron chi connectivity index (χ1n) is 10.7. The third-order valence-electron chi connectivity index (χ3n) is 4.83. The van der Waals surface area contributed by atoms with E-state index < -0.39 is 73.9 Å². The second kappa shape index (κ2) is 11.3. The third kappa shape index (κ3) is 8.46. The van der Waals surface area contributed by atoms with Crippen LogP contribution in [0.2, 0.25) is 0 Å². The van der Waals surface area contributed by atoms with Gasteiger partial charge in [-0.3, -0.25) is 34.5 Å². The van der Waals surface area contributed by atoms with Gasteiger partial charge in [0.15, 0.2) is 0 Å². The van der Waals surface area contributed by atoms with E-state index in [4.69, 9.17) is 9.29 Å². The van der Waals surface area contributed by atoms with E-state index in [-0.39, 0.29) is 18.7 Å². The number of rotatable bonds is 7. The van der Waals surface area contributed by atoms with Gasteiger partial charge in [-0.15, -0.1) is 0 Å². The highest BCUT2D eigenvalue weighted by Crippen LogP contribution is 2.25. The summed E-state index contributed by atoms with van der Waals surface area (Å²) in [4.78, 5) is 60.9. The van der Waals surface area contributed by atoms with Crippen molar-refractivity contribution in [3.05, 3.63) is 33.9 Å². The fourth-order valence-corrected chi connectivity index (χ4v) is 3.79. The van der Waals surface area contributed by atoms with E-state index in [1.807, 2.05) is 10.9 Å². The molecule has 0 radical (unpaired) electrons. The molecule has 0 aromatic heterocycles. The molecule has 36 heavy (non-hydrogen) atoms. The number of likely N-dealkylation sites (tertiary alicyclic amines) is 1. The molecule has 0 unspecified atom stereocenters.